The normalized spacial score (nSPS) is 15.6. The number of carbonyl (C=O) groups is 1. The smallest absolute Gasteiger partial charge is 0.264 e. The van der Waals surface area contributed by atoms with Crippen LogP contribution in [0, 0.1) is 0 Å². The summed E-state index contributed by atoms with van der Waals surface area (Å²) in [5.74, 6) is 0.761. The van der Waals surface area contributed by atoms with Gasteiger partial charge in [-0.05, 0) is 67.3 Å². The van der Waals surface area contributed by atoms with Crippen LogP contribution in [0.5, 0.6) is 0 Å². The second-order valence-electron chi connectivity index (χ2n) is 8.45. The van der Waals surface area contributed by atoms with Gasteiger partial charge >= 0.3 is 0 Å². The van der Waals surface area contributed by atoms with Crippen molar-refractivity contribution in [3.63, 3.8) is 0 Å². The zero-order valence-corrected chi connectivity index (χ0v) is 18.5. The number of carbonyl (C=O) groups excluding carboxylic acids is 1. The third kappa shape index (κ3) is 3.56. The fourth-order valence-electron chi connectivity index (χ4n) is 4.21. The average Bonchev–Trinajstić information content (AvgIpc) is 3.44. The molecule has 7 nitrogen and oxygen atoms in total. The summed E-state index contributed by atoms with van der Waals surface area (Å²) in [5.41, 5.74) is 3.92. The number of hydrogen-bond donors (Lipinski definition) is 1. The maximum atomic E-state index is 13.3. The zero-order valence-electron chi connectivity index (χ0n) is 17.7. The Bertz CT molecular complexity index is 1510. The molecule has 0 saturated heterocycles. The fourth-order valence-corrected chi connectivity index (χ4v) is 5.76. The predicted octanol–water partition coefficient (Wildman–Crippen LogP) is 4.71. The lowest BCUT2D eigenvalue weighted by Gasteiger charge is -2.20. The van der Waals surface area contributed by atoms with E-state index in [1.165, 1.54) is 16.4 Å². The lowest BCUT2D eigenvalue weighted by Crippen LogP contribution is -2.29. The number of fused-ring (bicyclic) bond motifs is 2. The van der Waals surface area contributed by atoms with Crippen molar-refractivity contribution in [3.8, 4) is 0 Å². The molecule has 1 aliphatic heterocycles. The number of nitrogens with one attached hydrogen (secondary N) is 1. The van der Waals surface area contributed by atoms with Gasteiger partial charge in [0.2, 0.25) is 0 Å². The van der Waals surface area contributed by atoms with Gasteiger partial charge in [0.25, 0.3) is 15.9 Å². The first-order valence-corrected chi connectivity index (χ1v) is 12.4. The van der Waals surface area contributed by atoms with Gasteiger partial charge in [0, 0.05) is 23.7 Å². The van der Waals surface area contributed by atoms with Gasteiger partial charge in [-0.2, -0.15) is 0 Å². The van der Waals surface area contributed by atoms with Crippen LogP contribution in [-0.4, -0.2) is 25.9 Å². The molecule has 4 aromatic rings. The number of para-hydroxylation sites is 1. The van der Waals surface area contributed by atoms with Crippen molar-refractivity contribution < 1.29 is 17.6 Å². The summed E-state index contributed by atoms with van der Waals surface area (Å²) in [6.07, 6.45) is 2.86. The number of aromatic nitrogens is 1. The monoisotopic (exact) mass is 459 g/mol. The van der Waals surface area contributed by atoms with E-state index in [1.54, 1.807) is 30.3 Å². The van der Waals surface area contributed by atoms with Crippen molar-refractivity contribution in [1.29, 1.82) is 0 Å². The summed E-state index contributed by atoms with van der Waals surface area (Å²) in [4.78, 5) is 17.5. The van der Waals surface area contributed by atoms with E-state index >= 15 is 0 Å². The van der Waals surface area contributed by atoms with E-state index in [9.17, 15) is 13.2 Å². The maximum Gasteiger partial charge on any atom is 0.264 e. The van der Waals surface area contributed by atoms with Gasteiger partial charge in [0.05, 0.1) is 10.6 Å². The minimum atomic E-state index is -3.78. The van der Waals surface area contributed by atoms with Crippen LogP contribution in [0.2, 0.25) is 0 Å². The molecule has 2 aliphatic rings. The lowest BCUT2D eigenvalue weighted by molar-refractivity contribution is 0.102. The Morgan fingerprint density at radius 2 is 1.88 bits per heavy atom. The van der Waals surface area contributed by atoms with Gasteiger partial charge in [-0.25, -0.2) is 13.4 Å². The molecule has 1 aliphatic carbocycles. The van der Waals surface area contributed by atoms with E-state index in [-0.39, 0.29) is 16.4 Å². The summed E-state index contributed by atoms with van der Waals surface area (Å²) in [6.45, 7) is 0.388. The third-order valence-electron chi connectivity index (χ3n) is 6.12. The van der Waals surface area contributed by atoms with Crippen molar-refractivity contribution in [1.82, 2.24) is 4.98 Å². The van der Waals surface area contributed by atoms with Gasteiger partial charge in [-0.1, -0.05) is 24.3 Å². The molecule has 0 spiro atoms. The molecule has 1 N–H and O–H groups in total. The molecule has 6 rings (SSSR count). The van der Waals surface area contributed by atoms with Crippen LogP contribution >= 0.6 is 0 Å². The van der Waals surface area contributed by atoms with E-state index < -0.39 is 10.0 Å². The number of anilines is 2. The van der Waals surface area contributed by atoms with Crippen LogP contribution < -0.4 is 9.62 Å². The Labute approximate surface area is 191 Å². The second kappa shape index (κ2) is 7.45. The fraction of sp³-hybridized carbons (Fsp3) is 0.200. The topological polar surface area (TPSA) is 92.5 Å². The molecule has 0 radical (unpaired) electrons. The highest BCUT2D eigenvalue weighted by molar-refractivity contribution is 7.92. The SMILES string of the molecule is O=C(Nc1ccc2oc(C3CC3)nc2c1)c1cccc(S(=O)(=O)N2CCc3ccccc32)c1. The average molecular weight is 460 g/mol. The molecule has 1 amide bonds. The Kier molecular flexibility index (Phi) is 4.51. The Morgan fingerprint density at radius 1 is 1.03 bits per heavy atom. The number of sulfonamides is 1. The van der Waals surface area contributed by atoms with Crippen molar-refractivity contribution in [2.24, 2.45) is 0 Å². The number of amides is 1. The molecule has 166 valence electrons. The molecule has 1 saturated carbocycles. The minimum Gasteiger partial charge on any atom is -0.440 e. The third-order valence-corrected chi connectivity index (χ3v) is 7.93. The van der Waals surface area contributed by atoms with E-state index in [4.69, 9.17) is 4.42 Å². The van der Waals surface area contributed by atoms with Crippen LogP contribution in [0.15, 0.2) is 76.0 Å². The molecule has 0 atom stereocenters. The summed E-state index contributed by atoms with van der Waals surface area (Å²) < 4.78 is 33.8. The van der Waals surface area contributed by atoms with Gasteiger partial charge in [-0.15, -0.1) is 0 Å². The van der Waals surface area contributed by atoms with Crippen molar-refractivity contribution >= 4 is 38.4 Å². The Balaban J connectivity index is 1.25. The van der Waals surface area contributed by atoms with Crippen molar-refractivity contribution in [3.05, 3.63) is 83.7 Å². The van der Waals surface area contributed by atoms with Gasteiger partial charge < -0.3 is 9.73 Å². The van der Waals surface area contributed by atoms with Crippen LogP contribution in [0.3, 0.4) is 0 Å². The van der Waals surface area contributed by atoms with E-state index in [1.807, 2.05) is 24.3 Å². The molecule has 1 aromatic heterocycles. The number of benzene rings is 3. The van der Waals surface area contributed by atoms with E-state index in [0.29, 0.717) is 41.4 Å². The standard InChI is InChI=1S/C25H21N3O4S/c29-24(26-19-10-11-23-21(15-19)27-25(32-23)17-8-9-17)18-5-3-6-20(14-18)33(30,31)28-13-12-16-4-1-2-7-22(16)28/h1-7,10-11,14-15,17H,8-9,12-13H2,(H,26,29). The number of hydrogen-bond acceptors (Lipinski definition) is 5. The number of oxazole rings is 1. The van der Waals surface area contributed by atoms with Gasteiger partial charge in [0.15, 0.2) is 11.5 Å². The molecule has 0 unspecified atom stereocenters. The van der Waals surface area contributed by atoms with E-state index in [2.05, 4.69) is 10.3 Å². The van der Waals surface area contributed by atoms with E-state index in [0.717, 1.165) is 24.3 Å². The summed E-state index contributed by atoms with van der Waals surface area (Å²) in [7, 11) is -3.78. The van der Waals surface area contributed by atoms with Crippen molar-refractivity contribution in [2.75, 3.05) is 16.2 Å². The molecule has 33 heavy (non-hydrogen) atoms. The Morgan fingerprint density at radius 3 is 2.73 bits per heavy atom. The van der Waals surface area contributed by atoms with Crippen molar-refractivity contribution in [2.45, 2.75) is 30.1 Å². The maximum absolute atomic E-state index is 13.3. The van der Waals surface area contributed by atoms with Crippen LogP contribution in [0.25, 0.3) is 11.1 Å². The second-order valence-corrected chi connectivity index (χ2v) is 10.3. The number of nitrogens with zero attached hydrogens (tertiary/aromatic N) is 2. The molecule has 8 heteroatoms. The lowest BCUT2D eigenvalue weighted by atomic mass is 10.2. The Hall–Kier alpha value is -3.65. The minimum absolute atomic E-state index is 0.0906. The largest absolute Gasteiger partial charge is 0.440 e. The summed E-state index contributed by atoms with van der Waals surface area (Å²) in [5, 5.41) is 2.84. The summed E-state index contributed by atoms with van der Waals surface area (Å²) >= 11 is 0. The highest BCUT2D eigenvalue weighted by Crippen LogP contribution is 2.40. The predicted molar refractivity (Wildman–Crippen MR) is 125 cm³/mol. The first-order valence-electron chi connectivity index (χ1n) is 10.9. The van der Waals surface area contributed by atoms with Gasteiger partial charge in [0.1, 0.15) is 5.52 Å². The van der Waals surface area contributed by atoms with Crippen LogP contribution in [0.4, 0.5) is 11.4 Å². The van der Waals surface area contributed by atoms with Crippen LogP contribution in [0.1, 0.15) is 40.6 Å². The first-order chi connectivity index (χ1) is 16.0. The molecule has 1 fully saturated rings. The zero-order chi connectivity index (χ0) is 22.6. The highest BCUT2D eigenvalue weighted by atomic mass is 32.2. The quantitative estimate of drug-likeness (QED) is 0.467. The van der Waals surface area contributed by atoms with Crippen LogP contribution in [-0.2, 0) is 16.4 Å². The van der Waals surface area contributed by atoms with Gasteiger partial charge in [-0.3, -0.25) is 9.10 Å². The molecule has 3 aromatic carbocycles. The molecule has 0 bridgehead atoms. The number of rotatable bonds is 5. The first kappa shape index (κ1) is 20.0. The molecule has 2 heterocycles. The molecular formula is C25H21N3O4S. The molecular weight excluding hydrogens is 438 g/mol. The summed E-state index contributed by atoms with van der Waals surface area (Å²) in [6, 6.07) is 18.9. The highest BCUT2D eigenvalue weighted by Gasteiger charge is 2.31.